The van der Waals surface area contributed by atoms with Crippen LogP contribution in [0.5, 0.6) is 5.75 Å². The van der Waals surface area contributed by atoms with Crippen LogP contribution in [0.1, 0.15) is 20.8 Å². The van der Waals surface area contributed by atoms with Crippen LogP contribution < -0.4 is 10.1 Å². The molecule has 1 aromatic heterocycles. The van der Waals surface area contributed by atoms with Crippen LogP contribution in [-0.4, -0.2) is 13.0 Å². The molecule has 26 heavy (non-hydrogen) atoms. The Balaban J connectivity index is 1.82. The van der Waals surface area contributed by atoms with Crippen LogP contribution in [0, 0.1) is 0 Å². The molecule has 0 unspecified atom stereocenters. The Bertz CT molecular complexity index is 969. The maximum atomic E-state index is 12.8. The predicted octanol–water partition coefficient (Wildman–Crippen LogP) is 5.51. The molecule has 0 saturated heterocycles. The molecule has 3 aromatic rings. The molecule has 1 amide bonds. The van der Waals surface area contributed by atoms with Crippen LogP contribution >= 0.6 is 22.9 Å². The molecule has 0 saturated carbocycles. The zero-order valence-electron chi connectivity index (χ0n) is 13.5. The second kappa shape index (κ2) is 7.17. The maximum Gasteiger partial charge on any atom is 0.416 e. The topological polar surface area (TPSA) is 38.3 Å². The zero-order valence-corrected chi connectivity index (χ0v) is 15.1. The van der Waals surface area contributed by atoms with Gasteiger partial charge in [0.15, 0.2) is 0 Å². The molecular formula is C18H13ClF3NO2S. The molecule has 0 fully saturated rings. The summed E-state index contributed by atoms with van der Waals surface area (Å²) in [6.07, 6.45) is -4.42. The van der Waals surface area contributed by atoms with Gasteiger partial charge in [-0.3, -0.25) is 4.79 Å². The lowest BCUT2D eigenvalue weighted by Crippen LogP contribution is -2.22. The maximum absolute atomic E-state index is 12.8. The van der Waals surface area contributed by atoms with Gasteiger partial charge in [0.2, 0.25) is 0 Å². The van der Waals surface area contributed by atoms with Crippen molar-refractivity contribution in [1.82, 2.24) is 5.32 Å². The molecule has 3 rings (SSSR count). The van der Waals surface area contributed by atoms with Crippen molar-refractivity contribution in [3.05, 3.63) is 63.5 Å². The number of methoxy groups -OCH3 is 1. The highest BCUT2D eigenvalue weighted by molar-refractivity contribution is 7.21. The van der Waals surface area contributed by atoms with E-state index in [9.17, 15) is 18.0 Å². The molecule has 8 heteroatoms. The van der Waals surface area contributed by atoms with E-state index in [1.54, 1.807) is 18.2 Å². The molecular weight excluding hydrogens is 387 g/mol. The van der Waals surface area contributed by atoms with Gasteiger partial charge in [-0.2, -0.15) is 13.2 Å². The van der Waals surface area contributed by atoms with E-state index in [2.05, 4.69) is 5.32 Å². The van der Waals surface area contributed by atoms with Gasteiger partial charge in [0.1, 0.15) is 10.6 Å². The quantitative estimate of drug-likeness (QED) is 0.628. The molecule has 2 aromatic carbocycles. The number of alkyl halides is 3. The Morgan fingerprint density at radius 2 is 2.00 bits per heavy atom. The highest BCUT2D eigenvalue weighted by Gasteiger charge is 2.30. The summed E-state index contributed by atoms with van der Waals surface area (Å²) < 4.78 is 44.5. The van der Waals surface area contributed by atoms with Gasteiger partial charge in [-0.25, -0.2) is 0 Å². The van der Waals surface area contributed by atoms with Crippen molar-refractivity contribution >= 4 is 38.9 Å². The van der Waals surface area contributed by atoms with Gasteiger partial charge < -0.3 is 10.1 Å². The number of halogens is 4. The minimum Gasteiger partial charge on any atom is -0.494 e. The summed E-state index contributed by atoms with van der Waals surface area (Å²) in [5.74, 6) is -0.0226. The van der Waals surface area contributed by atoms with Gasteiger partial charge in [0.05, 0.1) is 12.7 Å². The average molecular weight is 400 g/mol. The summed E-state index contributed by atoms with van der Waals surface area (Å²) in [6.45, 7) is -0.0269. The number of thiophene rings is 1. The predicted molar refractivity (Wildman–Crippen MR) is 96.0 cm³/mol. The molecule has 0 atom stereocenters. The van der Waals surface area contributed by atoms with Crippen LogP contribution in [0.3, 0.4) is 0 Å². The van der Waals surface area contributed by atoms with Crippen molar-refractivity contribution in [2.45, 2.75) is 12.7 Å². The minimum atomic E-state index is -4.42. The van der Waals surface area contributed by atoms with Crippen molar-refractivity contribution in [3.8, 4) is 5.75 Å². The second-order valence-corrected chi connectivity index (χ2v) is 6.97. The lowest BCUT2D eigenvalue weighted by molar-refractivity contribution is -0.137. The minimum absolute atomic E-state index is 0.0269. The third-order valence-corrected chi connectivity index (χ3v) is 5.11. The molecule has 136 valence electrons. The number of fused-ring (bicyclic) bond motifs is 1. The first-order valence-electron chi connectivity index (χ1n) is 7.50. The Morgan fingerprint density at radius 3 is 2.69 bits per heavy atom. The average Bonchev–Trinajstić information content (AvgIpc) is 2.97. The summed E-state index contributed by atoms with van der Waals surface area (Å²) >= 11 is 7.22. The van der Waals surface area contributed by atoms with E-state index in [0.29, 0.717) is 26.6 Å². The van der Waals surface area contributed by atoms with Crippen molar-refractivity contribution < 1.29 is 22.7 Å². The number of carbonyl (C=O) groups is 1. The number of nitrogens with one attached hydrogen (secondary N) is 1. The Morgan fingerprint density at radius 1 is 1.23 bits per heavy atom. The Labute approximate surface area is 156 Å². The van der Waals surface area contributed by atoms with Crippen LogP contribution in [0.4, 0.5) is 13.2 Å². The van der Waals surface area contributed by atoms with Crippen LogP contribution in [-0.2, 0) is 12.7 Å². The second-order valence-electron chi connectivity index (χ2n) is 5.49. The normalized spacial score (nSPS) is 11.6. The van der Waals surface area contributed by atoms with Crippen LogP contribution in [0.15, 0.2) is 42.5 Å². The highest BCUT2D eigenvalue weighted by Crippen LogP contribution is 2.39. The standard InChI is InChI=1S/C18H13ClF3NO2S/c1-25-15-13-8-12(19)5-6-14(13)26-16(15)17(24)23-9-10-3-2-4-11(7-10)18(20,21)22/h2-8H,9H2,1H3,(H,23,24). The number of hydrogen-bond donors (Lipinski definition) is 1. The fourth-order valence-corrected chi connectivity index (χ4v) is 3.76. The number of ether oxygens (including phenoxy) is 1. The summed E-state index contributed by atoms with van der Waals surface area (Å²) in [5, 5.41) is 3.87. The number of carbonyl (C=O) groups excluding carboxylic acids is 1. The smallest absolute Gasteiger partial charge is 0.416 e. The molecule has 1 N–H and O–H groups in total. The fraction of sp³-hybridized carbons (Fsp3) is 0.167. The number of rotatable bonds is 4. The molecule has 0 spiro atoms. The molecule has 0 aliphatic carbocycles. The first-order valence-corrected chi connectivity index (χ1v) is 8.69. The van der Waals surface area contributed by atoms with E-state index in [4.69, 9.17) is 16.3 Å². The van der Waals surface area contributed by atoms with Gasteiger partial charge >= 0.3 is 6.18 Å². The first kappa shape index (κ1) is 18.5. The molecule has 3 nitrogen and oxygen atoms in total. The van der Waals surface area contributed by atoms with E-state index in [-0.39, 0.29) is 6.54 Å². The largest absolute Gasteiger partial charge is 0.494 e. The van der Waals surface area contributed by atoms with Crippen LogP contribution in [0.2, 0.25) is 5.02 Å². The van der Waals surface area contributed by atoms with Gasteiger partial charge in [-0.1, -0.05) is 23.7 Å². The van der Waals surface area contributed by atoms with E-state index in [1.165, 1.54) is 30.6 Å². The summed E-state index contributed by atoms with van der Waals surface area (Å²) in [7, 11) is 1.45. The van der Waals surface area contributed by atoms with Crippen molar-refractivity contribution in [1.29, 1.82) is 0 Å². The number of amides is 1. The van der Waals surface area contributed by atoms with Crippen molar-refractivity contribution in [3.63, 3.8) is 0 Å². The van der Waals surface area contributed by atoms with Gasteiger partial charge in [-0.05, 0) is 35.9 Å². The van der Waals surface area contributed by atoms with Gasteiger partial charge in [0, 0.05) is 21.7 Å². The van der Waals surface area contributed by atoms with E-state index in [0.717, 1.165) is 16.8 Å². The third-order valence-electron chi connectivity index (χ3n) is 3.72. The zero-order chi connectivity index (χ0) is 18.9. The lowest BCUT2D eigenvalue weighted by Gasteiger charge is -2.09. The summed E-state index contributed by atoms with van der Waals surface area (Å²) in [5.41, 5.74) is -0.394. The van der Waals surface area contributed by atoms with Gasteiger partial charge in [0.25, 0.3) is 5.91 Å². The first-order chi connectivity index (χ1) is 12.3. The SMILES string of the molecule is COc1c(C(=O)NCc2cccc(C(F)(F)F)c2)sc2ccc(Cl)cc12. The lowest BCUT2D eigenvalue weighted by atomic mass is 10.1. The Hall–Kier alpha value is -2.25. The number of hydrogen-bond acceptors (Lipinski definition) is 3. The van der Waals surface area contributed by atoms with E-state index >= 15 is 0 Å². The summed E-state index contributed by atoms with van der Waals surface area (Å²) in [6, 6.07) is 10.0. The molecule has 0 aliphatic rings. The van der Waals surface area contributed by atoms with Crippen molar-refractivity contribution in [2.75, 3.05) is 7.11 Å². The van der Waals surface area contributed by atoms with Crippen LogP contribution in [0.25, 0.3) is 10.1 Å². The molecule has 1 heterocycles. The summed E-state index contributed by atoms with van der Waals surface area (Å²) in [4.78, 5) is 12.8. The molecule has 0 bridgehead atoms. The third kappa shape index (κ3) is 3.78. The monoisotopic (exact) mass is 399 g/mol. The fourth-order valence-electron chi connectivity index (χ4n) is 2.52. The van der Waals surface area contributed by atoms with E-state index in [1.807, 2.05) is 0 Å². The molecule has 0 radical (unpaired) electrons. The number of benzene rings is 2. The van der Waals surface area contributed by atoms with Crippen molar-refractivity contribution in [2.24, 2.45) is 0 Å². The van der Waals surface area contributed by atoms with Gasteiger partial charge in [-0.15, -0.1) is 11.3 Å². The van der Waals surface area contributed by atoms with E-state index < -0.39 is 17.6 Å². The Kier molecular flexibility index (Phi) is 5.11. The molecule has 0 aliphatic heterocycles. The highest BCUT2D eigenvalue weighted by atomic mass is 35.5.